The summed E-state index contributed by atoms with van der Waals surface area (Å²) in [5.74, 6) is 0.427. The largest absolute Gasteiger partial charge is 0.382 e. The first-order chi connectivity index (χ1) is 13.4. The number of nitrogens with zero attached hydrogens (tertiary/aromatic N) is 3. The topological polar surface area (TPSA) is 71.3 Å². The fourth-order valence-electron chi connectivity index (χ4n) is 2.78. The predicted molar refractivity (Wildman–Crippen MR) is 114 cm³/mol. The minimum Gasteiger partial charge on any atom is -0.382 e. The third-order valence-electron chi connectivity index (χ3n) is 4.57. The second-order valence-corrected chi connectivity index (χ2v) is 7.78. The molecule has 0 aliphatic carbocycles. The Morgan fingerprint density at radius 3 is 2.57 bits per heavy atom. The number of benzene rings is 1. The molecule has 0 bridgehead atoms. The van der Waals surface area contributed by atoms with Crippen LogP contribution in [0.15, 0.2) is 36.5 Å². The highest BCUT2D eigenvalue weighted by atomic mass is 35.5. The van der Waals surface area contributed by atoms with Crippen LogP contribution in [0.25, 0.3) is 16.9 Å². The number of anilines is 1. The Hall–Kier alpha value is -2.60. The first-order valence-corrected chi connectivity index (χ1v) is 9.96. The highest BCUT2D eigenvalue weighted by molar-refractivity contribution is 6.29. The van der Waals surface area contributed by atoms with E-state index in [1.165, 1.54) is 0 Å². The van der Waals surface area contributed by atoms with Gasteiger partial charge >= 0.3 is 0 Å². The predicted octanol–water partition coefficient (Wildman–Crippen LogP) is 4.65. The summed E-state index contributed by atoms with van der Waals surface area (Å²) in [6.07, 6.45) is 2.67. The molecule has 1 unspecified atom stereocenters. The summed E-state index contributed by atoms with van der Waals surface area (Å²) in [7, 11) is 0. The van der Waals surface area contributed by atoms with Crippen LogP contribution in [0, 0.1) is 5.92 Å². The van der Waals surface area contributed by atoms with Crippen molar-refractivity contribution in [1.82, 2.24) is 19.9 Å². The molecular weight excluding hydrogens is 374 g/mol. The fourth-order valence-corrected chi connectivity index (χ4v) is 2.97. The first kappa shape index (κ1) is 20.1. The molecule has 1 atom stereocenters. The molecule has 0 aliphatic heterocycles. The van der Waals surface area contributed by atoms with Gasteiger partial charge in [-0.1, -0.05) is 44.5 Å². The number of hydrogen-bond donors (Lipinski definition) is 2. The lowest BCUT2D eigenvalue weighted by atomic mass is 10.1. The summed E-state index contributed by atoms with van der Waals surface area (Å²) in [6.45, 7) is 9.14. The maximum atomic E-state index is 12.3. The first-order valence-electron chi connectivity index (χ1n) is 9.58. The van der Waals surface area contributed by atoms with Gasteiger partial charge in [0.25, 0.3) is 5.91 Å². The summed E-state index contributed by atoms with van der Waals surface area (Å²) in [5, 5.41) is 11.2. The molecule has 0 spiro atoms. The van der Waals surface area contributed by atoms with Crippen molar-refractivity contribution in [2.24, 2.45) is 5.92 Å². The van der Waals surface area contributed by atoms with E-state index in [0.717, 1.165) is 35.6 Å². The molecule has 3 aromatic rings. The zero-order valence-corrected chi connectivity index (χ0v) is 17.4. The van der Waals surface area contributed by atoms with Crippen LogP contribution in [0.5, 0.6) is 0 Å². The van der Waals surface area contributed by atoms with E-state index >= 15 is 0 Å². The van der Waals surface area contributed by atoms with Crippen LogP contribution in [0.3, 0.4) is 0 Å². The van der Waals surface area contributed by atoms with E-state index in [1.54, 1.807) is 16.8 Å². The van der Waals surface area contributed by atoms with Crippen LogP contribution in [-0.4, -0.2) is 33.1 Å². The molecule has 0 aliphatic rings. The minimum atomic E-state index is -0.0691. The molecule has 0 radical (unpaired) electrons. The molecule has 0 saturated heterocycles. The molecule has 6 nitrogen and oxygen atoms in total. The summed E-state index contributed by atoms with van der Waals surface area (Å²) in [4.78, 5) is 16.8. The van der Waals surface area contributed by atoms with E-state index in [0.29, 0.717) is 16.6 Å². The van der Waals surface area contributed by atoms with Gasteiger partial charge < -0.3 is 10.6 Å². The molecule has 0 saturated carbocycles. The van der Waals surface area contributed by atoms with Crippen molar-refractivity contribution in [3.8, 4) is 11.3 Å². The van der Waals surface area contributed by atoms with E-state index in [9.17, 15) is 4.79 Å². The van der Waals surface area contributed by atoms with Crippen molar-refractivity contribution < 1.29 is 4.79 Å². The van der Waals surface area contributed by atoms with Crippen molar-refractivity contribution in [2.45, 2.75) is 40.2 Å². The van der Waals surface area contributed by atoms with Crippen LogP contribution >= 0.6 is 11.6 Å². The Kier molecular flexibility index (Phi) is 6.19. The van der Waals surface area contributed by atoms with E-state index < -0.39 is 0 Å². The average molecular weight is 400 g/mol. The SMILES string of the molecule is CCC(C)NC(=O)c1ccc(-c2cnc3c(NCC(C)C)cc(Cl)nn23)cc1. The van der Waals surface area contributed by atoms with Gasteiger partial charge in [0.1, 0.15) is 0 Å². The molecule has 1 amide bonds. The lowest BCUT2D eigenvalue weighted by Crippen LogP contribution is -2.31. The lowest BCUT2D eigenvalue weighted by molar-refractivity contribution is 0.0939. The molecule has 2 heterocycles. The van der Waals surface area contributed by atoms with Gasteiger partial charge in [-0.05, 0) is 31.4 Å². The van der Waals surface area contributed by atoms with Crippen molar-refractivity contribution in [3.05, 3.63) is 47.2 Å². The standard InChI is InChI=1S/C21H26ClN5O/c1-5-14(4)25-21(28)16-8-6-15(7-9-16)18-12-24-20-17(23-11-13(2)3)10-19(22)26-27(18)20/h6-10,12-14,23H,5,11H2,1-4H3,(H,25,28). The Labute approximate surface area is 170 Å². The number of hydrogen-bond acceptors (Lipinski definition) is 4. The Balaban J connectivity index is 1.90. The number of imidazole rings is 1. The van der Waals surface area contributed by atoms with Gasteiger partial charge in [-0.25, -0.2) is 9.50 Å². The van der Waals surface area contributed by atoms with Crippen LogP contribution in [0.2, 0.25) is 5.15 Å². The van der Waals surface area contributed by atoms with Crippen LogP contribution < -0.4 is 10.6 Å². The zero-order chi connectivity index (χ0) is 20.3. The van der Waals surface area contributed by atoms with E-state index in [1.807, 2.05) is 38.1 Å². The number of halogens is 1. The third-order valence-corrected chi connectivity index (χ3v) is 4.76. The molecule has 2 N–H and O–H groups in total. The molecule has 0 fully saturated rings. The van der Waals surface area contributed by atoms with Gasteiger partial charge in [0.15, 0.2) is 10.8 Å². The normalized spacial score (nSPS) is 12.4. The number of carbonyl (C=O) groups is 1. The highest BCUT2D eigenvalue weighted by Gasteiger charge is 2.14. The molecule has 148 valence electrons. The molecule has 1 aromatic carbocycles. The summed E-state index contributed by atoms with van der Waals surface area (Å²) in [5.41, 5.74) is 3.93. The summed E-state index contributed by atoms with van der Waals surface area (Å²) in [6, 6.07) is 9.37. The van der Waals surface area contributed by atoms with Crippen LogP contribution in [0.1, 0.15) is 44.5 Å². The smallest absolute Gasteiger partial charge is 0.251 e. The Morgan fingerprint density at radius 1 is 1.21 bits per heavy atom. The van der Waals surface area contributed by atoms with Gasteiger partial charge in [-0.3, -0.25) is 4.79 Å². The third kappa shape index (κ3) is 4.44. The number of fused-ring (bicyclic) bond motifs is 1. The number of amides is 1. The monoisotopic (exact) mass is 399 g/mol. The quantitative estimate of drug-likeness (QED) is 0.606. The van der Waals surface area contributed by atoms with Crippen LogP contribution in [-0.2, 0) is 0 Å². The zero-order valence-electron chi connectivity index (χ0n) is 16.7. The number of carbonyl (C=O) groups excluding carboxylic acids is 1. The van der Waals surface area contributed by atoms with E-state index in [-0.39, 0.29) is 11.9 Å². The van der Waals surface area contributed by atoms with E-state index in [4.69, 9.17) is 11.6 Å². The molecule has 2 aromatic heterocycles. The van der Waals surface area contributed by atoms with Crippen molar-refractivity contribution in [1.29, 1.82) is 0 Å². The van der Waals surface area contributed by atoms with Crippen LogP contribution in [0.4, 0.5) is 5.69 Å². The minimum absolute atomic E-state index is 0.0691. The molecule has 3 rings (SSSR count). The van der Waals surface area contributed by atoms with E-state index in [2.05, 4.69) is 34.6 Å². The van der Waals surface area contributed by atoms with Gasteiger partial charge in [-0.2, -0.15) is 5.10 Å². The Bertz CT molecular complexity index is 965. The second kappa shape index (κ2) is 8.61. The average Bonchev–Trinajstić information content (AvgIpc) is 3.09. The number of nitrogens with one attached hydrogen (secondary N) is 2. The summed E-state index contributed by atoms with van der Waals surface area (Å²) < 4.78 is 1.74. The fraction of sp³-hybridized carbons (Fsp3) is 0.381. The van der Waals surface area contributed by atoms with Gasteiger partial charge in [0.2, 0.25) is 0 Å². The second-order valence-electron chi connectivity index (χ2n) is 7.39. The van der Waals surface area contributed by atoms with Crippen molar-refractivity contribution in [3.63, 3.8) is 0 Å². The van der Waals surface area contributed by atoms with Gasteiger partial charge in [0.05, 0.1) is 17.6 Å². The molecule has 28 heavy (non-hydrogen) atoms. The molecule has 7 heteroatoms. The van der Waals surface area contributed by atoms with Crippen molar-refractivity contribution >= 4 is 28.8 Å². The van der Waals surface area contributed by atoms with Gasteiger partial charge in [-0.15, -0.1) is 0 Å². The maximum Gasteiger partial charge on any atom is 0.251 e. The summed E-state index contributed by atoms with van der Waals surface area (Å²) >= 11 is 6.23. The lowest BCUT2D eigenvalue weighted by Gasteiger charge is -2.12. The molecular formula is C21H26ClN5O. The number of rotatable bonds is 7. The van der Waals surface area contributed by atoms with Crippen molar-refractivity contribution in [2.75, 3.05) is 11.9 Å². The highest BCUT2D eigenvalue weighted by Crippen LogP contribution is 2.26. The Morgan fingerprint density at radius 2 is 1.93 bits per heavy atom. The maximum absolute atomic E-state index is 12.3. The number of aromatic nitrogens is 3. The van der Waals surface area contributed by atoms with Gasteiger partial charge in [0, 0.05) is 29.8 Å².